The molecule has 150 valence electrons. The Balaban J connectivity index is 1.86. The summed E-state index contributed by atoms with van der Waals surface area (Å²) in [5.41, 5.74) is 3.72. The molecule has 0 N–H and O–H groups in total. The van der Waals surface area contributed by atoms with Gasteiger partial charge in [-0.3, -0.25) is 14.0 Å². The molecule has 4 aromatic rings. The second kappa shape index (κ2) is 8.73. The number of pyridine rings is 1. The molecule has 0 aliphatic rings. The van der Waals surface area contributed by atoms with Crippen LogP contribution in [0.25, 0.3) is 22.4 Å². The number of aromatic nitrogens is 3. The van der Waals surface area contributed by atoms with E-state index in [1.807, 2.05) is 48.5 Å². The summed E-state index contributed by atoms with van der Waals surface area (Å²) in [5, 5.41) is 5.30. The summed E-state index contributed by atoms with van der Waals surface area (Å²) in [6.45, 7) is 0.317. The van der Waals surface area contributed by atoms with E-state index in [1.54, 1.807) is 36.8 Å². The van der Waals surface area contributed by atoms with Crippen molar-refractivity contribution in [2.45, 2.75) is 11.4 Å². The van der Waals surface area contributed by atoms with Crippen molar-refractivity contribution in [1.29, 1.82) is 0 Å². The highest BCUT2D eigenvalue weighted by molar-refractivity contribution is 7.84. The Labute approximate surface area is 181 Å². The molecule has 5 nitrogen and oxygen atoms in total. The van der Waals surface area contributed by atoms with Crippen LogP contribution in [0.2, 0.25) is 5.02 Å². The minimum atomic E-state index is -1.07. The Bertz CT molecular complexity index is 1250. The van der Waals surface area contributed by atoms with E-state index in [4.69, 9.17) is 11.6 Å². The van der Waals surface area contributed by atoms with Crippen molar-refractivity contribution in [2.75, 3.05) is 6.26 Å². The Morgan fingerprint density at radius 2 is 1.70 bits per heavy atom. The molecule has 2 aromatic heterocycles. The zero-order valence-electron chi connectivity index (χ0n) is 16.2. The summed E-state index contributed by atoms with van der Waals surface area (Å²) < 4.78 is 13.2. The first-order valence-corrected chi connectivity index (χ1v) is 11.2. The summed E-state index contributed by atoms with van der Waals surface area (Å²) in [4.78, 5) is 17.7. The van der Waals surface area contributed by atoms with E-state index >= 15 is 0 Å². The van der Waals surface area contributed by atoms with Crippen molar-refractivity contribution in [3.05, 3.63) is 100 Å². The largest absolute Gasteiger partial charge is 0.268 e. The quantitative estimate of drug-likeness (QED) is 0.465. The Morgan fingerprint density at radius 1 is 1.00 bits per heavy atom. The molecule has 0 radical (unpaired) electrons. The van der Waals surface area contributed by atoms with E-state index < -0.39 is 10.8 Å². The maximum absolute atomic E-state index is 12.8. The molecule has 2 heterocycles. The molecule has 0 aliphatic carbocycles. The molecule has 1 unspecified atom stereocenters. The minimum Gasteiger partial charge on any atom is -0.268 e. The molecular weight excluding hydrogens is 418 g/mol. The summed E-state index contributed by atoms with van der Waals surface area (Å²) >= 11 is 6.03. The van der Waals surface area contributed by atoms with Crippen LogP contribution in [-0.2, 0) is 17.3 Å². The fraction of sp³-hybridized carbons (Fsp3) is 0.0870. The summed E-state index contributed by atoms with van der Waals surface area (Å²) in [7, 11) is -1.07. The first kappa shape index (κ1) is 20.2. The fourth-order valence-electron chi connectivity index (χ4n) is 3.14. The normalized spacial score (nSPS) is 11.9. The van der Waals surface area contributed by atoms with Crippen LogP contribution >= 0.6 is 11.6 Å². The summed E-state index contributed by atoms with van der Waals surface area (Å²) in [6, 6.07) is 20.0. The van der Waals surface area contributed by atoms with E-state index in [2.05, 4.69) is 10.1 Å². The van der Waals surface area contributed by atoms with Gasteiger partial charge in [-0.2, -0.15) is 5.10 Å². The van der Waals surface area contributed by atoms with Crippen molar-refractivity contribution < 1.29 is 4.21 Å². The zero-order valence-corrected chi connectivity index (χ0v) is 17.7. The van der Waals surface area contributed by atoms with Gasteiger partial charge in [0.05, 0.1) is 12.2 Å². The molecule has 0 aliphatic heterocycles. The van der Waals surface area contributed by atoms with Crippen molar-refractivity contribution in [2.24, 2.45) is 0 Å². The smallest absolute Gasteiger partial charge is 0.267 e. The van der Waals surface area contributed by atoms with Gasteiger partial charge >= 0.3 is 0 Å². The summed E-state index contributed by atoms with van der Waals surface area (Å²) in [5.74, 6) is 0. The maximum atomic E-state index is 12.8. The van der Waals surface area contributed by atoms with Crippen LogP contribution in [0.15, 0.2) is 88.8 Å². The van der Waals surface area contributed by atoms with Gasteiger partial charge in [-0.1, -0.05) is 41.9 Å². The molecular formula is C23H18ClN3O2S. The van der Waals surface area contributed by atoms with Crippen LogP contribution in [0.5, 0.6) is 0 Å². The van der Waals surface area contributed by atoms with Crippen molar-refractivity contribution in [3.8, 4) is 22.4 Å². The molecule has 0 spiro atoms. The fourth-order valence-corrected chi connectivity index (χ4v) is 3.78. The van der Waals surface area contributed by atoms with Gasteiger partial charge in [0.1, 0.15) is 0 Å². The lowest BCUT2D eigenvalue weighted by Crippen LogP contribution is -2.24. The van der Waals surface area contributed by atoms with Gasteiger partial charge in [0.15, 0.2) is 0 Å². The van der Waals surface area contributed by atoms with Gasteiger partial charge in [0, 0.05) is 56.6 Å². The second-order valence-corrected chi connectivity index (χ2v) is 8.57. The number of hydrogen-bond acceptors (Lipinski definition) is 4. The van der Waals surface area contributed by atoms with Crippen molar-refractivity contribution >= 4 is 22.4 Å². The predicted molar refractivity (Wildman–Crippen MR) is 120 cm³/mol. The lowest BCUT2D eigenvalue weighted by atomic mass is 10.00. The van der Waals surface area contributed by atoms with E-state index in [9.17, 15) is 9.00 Å². The highest BCUT2D eigenvalue weighted by atomic mass is 35.5. The van der Waals surface area contributed by atoms with E-state index in [-0.39, 0.29) is 5.56 Å². The topological polar surface area (TPSA) is 64.8 Å². The van der Waals surface area contributed by atoms with Crippen LogP contribution in [-0.4, -0.2) is 25.2 Å². The Kier molecular flexibility index (Phi) is 5.88. The monoisotopic (exact) mass is 435 g/mol. The Hall–Kier alpha value is -3.09. The van der Waals surface area contributed by atoms with Gasteiger partial charge in [-0.05, 0) is 41.5 Å². The lowest BCUT2D eigenvalue weighted by molar-refractivity contribution is 0.642. The van der Waals surface area contributed by atoms with Gasteiger partial charge in [0.2, 0.25) is 0 Å². The molecule has 2 aromatic carbocycles. The number of nitrogens with zero attached hydrogens (tertiary/aromatic N) is 3. The molecule has 1 atom stereocenters. The van der Waals surface area contributed by atoms with E-state index in [0.717, 1.165) is 21.6 Å². The number of rotatable bonds is 5. The summed E-state index contributed by atoms with van der Waals surface area (Å²) in [6.07, 6.45) is 5.04. The Morgan fingerprint density at radius 3 is 2.33 bits per heavy atom. The van der Waals surface area contributed by atoms with Crippen LogP contribution in [0.3, 0.4) is 0 Å². The lowest BCUT2D eigenvalue weighted by Gasteiger charge is -2.13. The third-order valence-electron chi connectivity index (χ3n) is 4.67. The SMILES string of the molecule is CS(=O)c1ccc(-c2nn(Cc3cccnc3)c(=O)cc2-c2ccc(Cl)cc2)cc1. The first-order chi connectivity index (χ1) is 14.5. The van der Waals surface area contributed by atoms with Crippen molar-refractivity contribution in [1.82, 2.24) is 14.8 Å². The third-order valence-corrected chi connectivity index (χ3v) is 5.86. The highest BCUT2D eigenvalue weighted by Crippen LogP contribution is 2.30. The number of benzene rings is 2. The van der Waals surface area contributed by atoms with E-state index in [0.29, 0.717) is 22.8 Å². The zero-order chi connectivity index (χ0) is 21.1. The van der Waals surface area contributed by atoms with Crippen molar-refractivity contribution in [3.63, 3.8) is 0 Å². The molecule has 0 fully saturated rings. The van der Waals surface area contributed by atoms with Crippen LogP contribution in [0.4, 0.5) is 0 Å². The molecule has 0 bridgehead atoms. The molecule has 0 saturated carbocycles. The van der Waals surface area contributed by atoms with Gasteiger partial charge < -0.3 is 0 Å². The number of hydrogen-bond donors (Lipinski definition) is 0. The van der Waals surface area contributed by atoms with Crippen LogP contribution in [0.1, 0.15) is 5.56 Å². The standard InChI is InChI=1S/C23H18ClN3O2S/c1-30(29)20-10-6-18(7-11-20)23-21(17-4-8-19(24)9-5-17)13-22(28)27(26-23)15-16-3-2-12-25-14-16/h2-14H,15H2,1H3. The molecule has 30 heavy (non-hydrogen) atoms. The van der Waals surface area contributed by atoms with Gasteiger partial charge in [-0.25, -0.2) is 4.68 Å². The molecule has 0 amide bonds. The molecule has 7 heteroatoms. The predicted octanol–water partition coefficient (Wildman–Crippen LogP) is 4.41. The van der Waals surface area contributed by atoms with Gasteiger partial charge in [-0.15, -0.1) is 0 Å². The number of halogens is 1. The van der Waals surface area contributed by atoms with Crippen LogP contribution < -0.4 is 5.56 Å². The second-order valence-electron chi connectivity index (χ2n) is 6.75. The van der Waals surface area contributed by atoms with Crippen LogP contribution in [0, 0.1) is 0 Å². The average Bonchev–Trinajstić information content (AvgIpc) is 2.76. The first-order valence-electron chi connectivity index (χ1n) is 9.22. The molecule has 0 saturated heterocycles. The average molecular weight is 436 g/mol. The third kappa shape index (κ3) is 4.40. The molecule has 4 rings (SSSR count). The minimum absolute atomic E-state index is 0.209. The highest BCUT2D eigenvalue weighted by Gasteiger charge is 2.14. The maximum Gasteiger partial charge on any atom is 0.267 e. The van der Waals surface area contributed by atoms with Gasteiger partial charge in [0.25, 0.3) is 5.56 Å². The van der Waals surface area contributed by atoms with E-state index in [1.165, 1.54) is 4.68 Å².